The number of nitrogens with one attached hydrogen (secondary N) is 2. The molecular formula is C18H22ClF3N6O. The molecule has 3 aromatic heterocycles. The van der Waals surface area contributed by atoms with Gasteiger partial charge in [-0.15, -0.1) is 0 Å². The summed E-state index contributed by atoms with van der Waals surface area (Å²) >= 11 is 6.02. The van der Waals surface area contributed by atoms with Gasteiger partial charge in [0.25, 0.3) is 0 Å². The summed E-state index contributed by atoms with van der Waals surface area (Å²) in [6.07, 6.45) is 0.220. The predicted molar refractivity (Wildman–Crippen MR) is 108 cm³/mol. The normalized spacial score (nSPS) is 12.2. The number of anilines is 1. The number of fused-ring (bicyclic) bond motifs is 1. The molecule has 3 heterocycles. The van der Waals surface area contributed by atoms with Crippen molar-refractivity contribution < 1.29 is 20.8 Å². The number of carbonyl (C=O) groups is 1. The summed E-state index contributed by atoms with van der Waals surface area (Å²) in [5, 5.41) is 3.08. The fraction of sp³-hybridized carbons (Fsp3) is 0.333. The lowest BCUT2D eigenvalue weighted by Gasteiger charge is -2.35. The highest BCUT2D eigenvalue weighted by Gasteiger charge is 2.36. The minimum absolute atomic E-state index is 0. The molecule has 3 aromatic rings. The van der Waals surface area contributed by atoms with Crippen molar-refractivity contribution in [3.05, 3.63) is 35.7 Å². The number of halogens is 4. The summed E-state index contributed by atoms with van der Waals surface area (Å²) in [4.78, 5) is 29.8. The molecule has 11 heteroatoms. The van der Waals surface area contributed by atoms with Gasteiger partial charge in [0.2, 0.25) is 5.91 Å². The number of amides is 1. The van der Waals surface area contributed by atoms with Crippen molar-refractivity contribution >= 4 is 34.4 Å². The molecule has 3 rings (SSSR count). The molecule has 158 valence electrons. The predicted octanol–water partition coefficient (Wildman–Crippen LogP) is 4.06. The van der Waals surface area contributed by atoms with Gasteiger partial charge < -0.3 is 15.2 Å². The van der Waals surface area contributed by atoms with E-state index in [1.165, 1.54) is 31.1 Å². The van der Waals surface area contributed by atoms with Crippen LogP contribution in [-0.4, -0.2) is 51.2 Å². The van der Waals surface area contributed by atoms with Gasteiger partial charge >= 0.3 is 6.18 Å². The Morgan fingerprint density at radius 3 is 2.76 bits per heavy atom. The molecule has 0 fully saturated rings. The summed E-state index contributed by atoms with van der Waals surface area (Å²) in [5.41, 5.74) is -0.0229. The fourth-order valence-corrected chi connectivity index (χ4v) is 2.82. The van der Waals surface area contributed by atoms with E-state index in [1.54, 1.807) is 25.4 Å². The Morgan fingerprint density at radius 2 is 2.07 bits per heavy atom. The van der Waals surface area contributed by atoms with Gasteiger partial charge in [0.1, 0.15) is 23.5 Å². The van der Waals surface area contributed by atoms with Crippen molar-refractivity contribution in [3.8, 4) is 11.4 Å². The summed E-state index contributed by atoms with van der Waals surface area (Å²) in [5.74, 6) is -0.0526. The quantitative estimate of drug-likeness (QED) is 0.637. The first-order valence-corrected chi connectivity index (χ1v) is 8.92. The third-order valence-electron chi connectivity index (χ3n) is 4.57. The fourth-order valence-electron chi connectivity index (χ4n) is 2.66. The van der Waals surface area contributed by atoms with Gasteiger partial charge in [0.05, 0.1) is 5.02 Å². The number of H-pyrrole nitrogens is 1. The highest BCUT2D eigenvalue weighted by Crippen LogP contribution is 2.29. The van der Waals surface area contributed by atoms with Crippen LogP contribution in [0.25, 0.3) is 22.4 Å². The lowest BCUT2D eigenvalue weighted by atomic mass is 10.0. The van der Waals surface area contributed by atoms with Gasteiger partial charge in [-0.2, -0.15) is 13.2 Å². The lowest BCUT2D eigenvalue weighted by Crippen LogP contribution is -2.55. The molecule has 0 spiro atoms. The molecule has 0 saturated carbocycles. The zero-order chi connectivity index (χ0) is 21.4. The molecule has 0 aliphatic heterocycles. The zero-order valence-corrected chi connectivity index (χ0v) is 16.6. The summed E-state index contributed by atoms with van der Waals surface area (Å²) in [6, 6.07) is 3.30. The van der Waals surface area contributed by atoms with Crippen molar-refractivity contribution in [2.45, 2.75) is 25.6 Å². The molecule has 29 heavy (non-hydrogen) atoms. The minimum atomic E-state index is -4.49. The van der Waals surface area contributed by atoms with Gasteiger partial charge in [-0.3, -0.25) is 4.79 Å². The largest absolute Gasteiger partial charge is 0.405 e. The van der Waals surface area contributed by atoms with Crippen molar-refractivity contribution in [1.82, 2.24) is 25.3 Å². The minimum Gasteiger partial charge on any atom is -0.345 e. The maximum atomic E-state index is 12.4. The van der Waals surface area contributed by atoms with Crippen LogP contribution in [0.1, 0.15) is 16.7 Å². The molecular weight excluding hydrogens is 409 g/mol. The van der Waals surface area contributed by atoms with Crippen LogP contribution in [0.4, 0.5) is 19.0 Å². The van der Waals surface area contributed by atoms with Crippen molar-refractivity contribution in [1.29, 1.82) is 0 Å². The number of hydrogen-bond donors (Lipinski definition) is 2. The van der Waals surface area contributed by atoms with Gasteiger partial charge in [-0.1, -0.05) is 11.6 Å². The van der Waals surface area contributed by atoms with Crippen LogP contribution >= 0.6 is 11.6 Å². The maximum Gasteiger partial charge on any atom is 0.405 e. The summed E-state index contributed by atoms with van der Waals surface area (Å²) in [7, 11) is 1.58. The number of aromatic amines is 1. The molecule has 0 unspecified atom stereocenters. The number of hydrogen-bond acceptors (Lipinski definition) is 5. The molecule has 0 atom stereocenters. The highest BCUT2D eigenvalue weighted by atomic mass is 35.5. The third-order valence-corrected chi connectivity index (χ3v) is 4.77. The molecule has 0 aliphatic rings. The van der Waals surface area contributed by atoms with Gasteiger partial charge in [-0.05, 0) is 26.0 Å². The smallest absolute Gasteiger partial charge is 0.345 e. The number of likely N-dealkylation sites (N-methyl/N-ethyl adjacent to an activating group) is 1. The van der Waals surface area contributed by atoms with E-state index >= 15 is 0 Å². The van der Waals surface area contributed by atoms with Crippen LogP contribution in [0.15, 0.2) is 30.7 Å². The molecule has 2 N–H and O–H groups in total. The number of rotatable bonds is 5. The number of carbonyl (C=O) groups excluding carboxylic acids is 1. The van der Waals surface area contributed by atoms with E-state index in [2.05, 4.69) is 19.9 Å². The standard InChI is InChI=1S/C18H18ClF3N6O.2H2/c1-17(2,16(29)26-9-18(20,21)22)28(3)13-4-5-23-15(27-13)12-8-25-14-11(12)6-10(19)7-24-14;;/h4-8H,9H2,1-3H3,(H,24,25)(H,26,29);2*1H. The number of aromatic nitrogens is 4. The Labute approximate surface area is 172 Å². The van der Waals surface area contributed by atoms with Crippen molar-refractivity contribution in [2.75, 3.05) is 18.5 Å². The molecule has 0 aliphatic carbocycles. The van der Waals surface area contributed by atoms with Crippen LogP contribution in [0.2, 0.25) is 5.02 Å². The lowest BCUT2D eigenvalue weighted by molar-refractivity contribution is -0.140. The first-order chi connectivity index (χ1) is 13.5. The van der Waals surface area contributed by atoms with Crippen molar-refractivity contribution in [3.63, 3.8) is 0 Å². The summed E-state index contributed by atoms with van der Waals surface area (Å²) < 4.78 is 37.3. The maximum absolute atomic E-state index is 12.4. The zero-order valence-electron chi connectivity index (χ0n) is 15.8. The van der Waals surface area contributed by atoms with Crippen LogP contribution < -0.4 is 10.2 Å². The number of pyridine rings is 1. The molecule has 0 saturated heterocycles. The Bertz CT molecular complexity index is 1060. The second kappa shape index (κ2) is 7.51. The Balaban J connectivity index is 0.00000240. The van der Waals surface area contributed by atoms with E-state index < -0.39 is 24.2 Å². The van der Waals surface area contributed by atoms with Gasteiger partial charge in [-0.25, -0.2) is 15.0 Å². The first-order valence-electron chi connectivity index (χ1n) is 8.54. The topological polar surface area (TPSA) is 86.8 Å². The second-order valence-corrected chi connectivity index (χ2v) is 7.34. The Hall–Kier alpha value is -2.88. The van der Waals surface area contributed by atoms with Gasteiger partial charge in [0.15, 0.2) is 5.82 Å². The second-order valence-electron chi connectivity index (χ2n) is 6.91. The van der Waals surface area contributed by atoms with E-state index in [0.29, 0.717) is 27.9 Å². The number of alkyl halides is 3. The van der Waals surface area contributed by atoms with E-state index in [4.69, 9.17) is 11.6 Å². The molecule has 0 aromatic carbocycles. The van der Waals surface area contributed by atoms with Crippen LogP contribution in [0, 0.1) is 0 Å². The van der Waals surface area contributed by atoms with E-state index in [-0.39, 0.29) is 2.85 Å². The Kier molecular flexibility index (Phi) is 5.40. The molecule has 7 nitrogen and oxygen atoms in total. The average Bonchev–Trinajstić information content (AvgIpc) is 3.07. The van der Waals surface area contributed by atoms with Gasteiger partial charge in [0, 0.05) is 39.4 Å². The van der Waals surface area contributed by atoms with E-state index in [0.717, 1.165) is 5.39 Å². The van der Waals surface area contributed by atoms with Crippen molar-refractivity contribution in [2.24, 2.45) is 0 Å². The Morgan fingerprint density at radius 1 is 1.34 bits per heavy atom. The van der Waals surface area contributed by atoms with Crippen LogP contribution in [0.3, 0.4) is 0 Å². The molecule has 0 radical (unpaired) electrons. The van der Waals surface area contributed by atoms with E-state index in [1.807, 2.05) is 5.32 Å². The van der Waals surface area contributed by atoms with E-state index in [9.17, 15) is 18.0 Å². The van der Waals surface area contributed by atoms with Crippen LogP contribution in [-0.2, 0) is 4.79 Å². The number of nitrogens with zero attached hydrogens (tertiary/aromatic N) is 4. The monoisotopic (exact) mass is 430 g/mol. The third kappa shape index (κ3) is 4.42. The van der Waals surface area contributed by atoms with Crippen LogP contribution in [0.5, 0.6) is 0 Å². The average molecular weight is 431 g/mol. The highest BCUT2D eigenvalue weighted by molar-refractivity contribution is 6.31. The summed E-state index contributed by atoms with van der Waals surface area (Å²) in [6.45, 7) is 1.62. The molecule has 1 amide bonds. The first kappa shape index (κ1) is 20.8. The SMILES string of the molecule is CN(c1ccnc(-c2c[nH]c3ncc(Cl)cc23)n1)C(C)(C)C(=O)NCC(F)(F)F.[HH].[HH]. The molecule has 0 bridgehead atoms.